The fourth-order valence-corrected chi connectivity index (χ4v) is 11.9. The van der Waals surface area contributed by atoms with Gasteiger partial charge in [0.2, 0.25) is 0 Å². The van der Waals surface area contributed by atoms with Crippen molar-refractivity contribution in [3.63, 3.8) is 0 Å². The van der Waals surface area contributed by atoms with E-state index in [1.807, 2.05) is 24.5 Å². The number of aromatic nitrogens is 2. The fourth-order valence-electron chi connectivity index (χ4n) is 11.9. The van der Waals surface area contributed by atoms with E-state index in [1.165, 1.54) is 55.6 Å². The topological polar surface area (TPSA) is 25.8 Å². The van der Waals surface area contributed by atoms with E-state index < -0.39 is 10.8 Å². The second-order valence-corrected chi connectivity index (χ2v) is 21.5. The van der Waals surface area contributed by atoms with Crippen LogP contribution in [0, 0.1) is 12.1 Å². The van der Waals surface area contributed by atoms with Crippen molar-refractivity contribution in [1.82, 2.24) is 9.97 Å². The first-order chi connectivity index (χ1) is 35.0. The smallest absolute Gasteiger partial charge is 0.260 e. The predicted octanol–water partition coefficient (Wildman–Crippen LogP) is 16.4. The molecule has 2 aliphatic rings. The Morgan fingerprint density at radius 2 is 0.671 bits per heavy atom. The molecule has 0 spiro atoms. The molecular formula is C70H56N2Pt. The number of rotatable bonds is 8. The molecule has 0 fully saturated rings. The second kappa shape index (κ2) is 18.5. The van der Waals surface area contributed by atoms with E-state index in [0.717, 1.165) is 55.9 Å². The third-order valence-corrected chi connectivity index (χ3v) is 15.3. The van der Waals surface area contributed by atoms with E-state index in [1.54, 1.807) is 0 Å². The van der Waals surface area contributed by atoms with Crippen LogP contribution in [0.25, 0.3) is 33.4 Å². The van der Waals surface area contributed by atoms with Crippen molar-refractivity contribution in [2.75, 3.05) is 0 Å². The fraction of sp³-hybridized carbons (Fsp3) is 0.143. The van der Waals surface area contributed by atoms with Gasteiger partial charge in [0.05, 0.1) is 22.2 Å². The summed E-state index contributed by atoms with van der Waals surface area (Å²) in [5.74, 6) is 0. The molecule has 356 valence electrons. The summed E-state index contributed by atoms with van der Waals surface area (Å²) in [6, 6.07) is 88.4. The Kier molecular flexibility index (Phi) is 12.1. The minimum absolute atomic E-state index is 0. The Morgan fingerprint density at radius 1 is 0.342 bits per heavy atom. The maximum absolute atomic E-state index is 5.21. The summed E-state index contributed by atoms with van der Waals surface area (Å²) >= 11 is 0. The quantitative estimate of drug-likeness (QED) is 0.112. The first-order valence-electron chi connectivity index (χ1n) is 25.2. The Labute approximate surface area is 445 Å². The zero-order chi connectivity index (χ0) is 49.2. The molecule has 3 heteroatoms. The molecule has 0 bridgehead atoms. The van der Waals surface area contributed by atoms with Crippen LogP contribution in [0.3, 0.4) is 0 Å². The number of hydrogen-bond acceptors (Lipinski definition) is 2. The van der Waals surface area contributed by atoms with Gasteiger partial charge in [-0.3, -0.25) is 9.97 Å². The molecule has 10 aromatic rings. The molecule has 2 heterocycles. The SMILES string of the molecule is CC(C)(C)c1ccc(C(=C(c2[c-]c(C3(c4ccccn4)c4ccccc4-c4ccccc43)ccc2)c2[c-]c(C3(c4ccccn4)c4ccccc4-c4ccccc43)ccc2)c2ccc(C(C)(C)C)cc2)cc1.[Pt+2]. The molecule has 0 atom stereocenters. The zero-order valence-corrected chi connectivity index (χ0v) is 44.4. The van der Waals surface area contributed by atoms with Crippen molar-refractivity contribution in [1.29, 1.82) is 0 Å². The molecule has 0 saturated heterocycles. The summed E-state index contributed by atoms with van der Waals surface area (Å²) in [4.78, 5) is 10.4. The van der Waals surface area contributed by atoms with E-state index >= 15 is 0 Å². The van der Waals surface area contributed by atoms with Gasteiger partial charge in [-0.25, -0.2) is 0 Å². The Bertz CT molecular complexity index is 3350. The second-order valence-electron chi connectivity index (χ2n) is 21.5. The molecule has 2 aromatic heterocycles. The number of benzene rings is 8. The van der Waals surface area contributed by atoms with Gasteiger partial charge in [-0.05, 0) is 107 Å². The molecule has 2 aliphatic carbocycles. The number of pyridine rings is 2. The largest absolute Gasteiger partial charge is 2.00 e. The Balaban J connectivity index is 0.00000574. The average molecular weight is 1120 g/mol. The van der Waals surface area contributed by atoms with Crippen molar-refractivity contribution >= 4 is 11.1 Å². The molecule has 8 aromatic carbocycles. The van der Waals surface area contributed by atoms with Crippen LogP contribution in [0.15, 0.2) is 231 Å². The van der Waals surface area contributed by atoms with Crippen LogP contribution in [0.5, 0.6) is 0 Å². The molecule has 0 saturated carbocycles. The maximum Gasteiger partial charge on any atom is 2.00 e. The van der Waals surface area contributed by atoms with Crippen molar-refractivity contribution in [2.24, 2.45) is 0 Å². The molecule has 73 heavy (non-hydrogen) atoms. The van der Waals surface area contributed by atoms with Crippen LogP contribution in [-0.2, 0) is 42.7 Å². The van der Waals surface area contributed by atoms with Gasteiger partial charge in [0, 0.05) is 12.4 Å². The summed E-state index contributed by atoms with van der Waals surface area (Å²) in [6.45, 7) is 13.7. The molecule has 2 nitrogen and oxygen atoms in total. The molecule has 0 unspecified atom stereocenters. The third-order valence-electron chi connectivity index (χ3n) is 15.3. The third kappa shape index (κ3) is 7.73. The summed E-state index contributed by atoms with van der Waals surface area (Å²) < 4.78 is 0. The molecule has 12 rings (SSSR count). The van der Waals surface area contributed by atoms with E-state index in [4.69, 9.17) is 9.97 Å². The van der Waals surface area contributed by atoms with E-state index in [0.29, 0.717) is 0 Å². The van der Waals surface area contributed by atoms with Gasteiger partial charge in [-0.15, -0.1) is 76.4 Å². The van der Waals surface area contributed by atoms with Crippen molar-refractivity contribution < 1.29 is 21.1 Å². The van der Waals surface area contributed by atoms with Crippen molar-refractivity contribution in [3.8, 4) is 22.3 Å². The molecule has 0 aliphatic heterocycles. The van der Waals surface area contributed by atoms with Crippen LogP contribution in [0.1, 0.15) is 120 Å². The number of nitrogens with zero attached hydrogens (tertiary/aromatic N) is 2. The van der Waals surface area contributed by atoms with E-state index in [2.05, 4.69) is 260 Å². The van der Waals surface area contributed by atoms with Crippen molar-refractivity contribution in [2.45, 2.75) is 63.2 Å². The Morgan fingerprint density at radius 3 is 0.986 bits per heavy atom. The minimum atomic E-state index is -0.746. The summed E-state index contributed by atoms with van der Waals surface area (Å²) in [5.41, 5.74) is 21.0. The zero-order valence-electron chi connectivity index (χ0n) is 42.1. The van der Waals surface area contributed by atoms with Crippen LogP contribution >= 0.6 is 0 Å². The van der Waals surface area contributed by atoms with Gasteiger partial charge in [-0.1, -0.05) is 199 Å². The maximum atomic E-state index is 5.21. The molecule has 0 radical (unpaired) electrons. The van der Waals surface area contributed by atoms with Gasteiger partial charge in [0.15, 0.2) is 0 Å². The molecule has 0 N–H and O–H groups in total. The van der Waals surface area contributed by atoms with E-state index in [-0.39, 0.29) is 31.9 Å². The average Bonchev–Trinajstić information content (AvgIpc) is 3.89. The monoisotopic (exact) mass is 1120 g/mol. The number of hydrogen-bond donors (Lipinski definition) is 0. The molecule has 0 amide bonds. The van der Waals surface area contributed by atoms with Gasteiger partial charge in [-0.2, -0.15) is 0 Å². The van der Waals surface area contributed by atoms with Crippen LogP contribution < -0.4 is 0 Å². The normalized spacial score (nSPS) is 13.7. The number of fused-ring (bicyclic) bond motifs is 6. The van der Waals surface area contributed by atoms with Gasteiger partial charge >= 0.3 is 21.1 Å². The summed E-state index contributed by atoms with van der Waals surface area (Å²) in [7, 11) is 0. The van der Waals surface area contributed by atoms with Gasteiger partial charge in [0.25, 0.3) is 0 Å². The van der Waals surface area contributed by atoms with Crippen LogP contribution in [0.2, 0.25) is 0 Å². The predicted molar refractivity (Wildman–Crippen MR) is 296 cm³/mol. The van der Waals surface area contributed by atoms with Crippen LogP contribution in [0.4, 0.5) is 0 Å². The first kappa shape index (κ1) is 47.8. The molecular weight excluding hydrogens is 1060 g/mol. The van der Waals surface area contributed by atoms with Gasteiger partial charge < -0.3 is 0 Å². The first-order valence-corrected chi connectivity index (χ1v) is 25.2. The van der Waals surface area contributed by atoms with E-state index in [9.17, 15) is 0 Å². The van der Waals surface area contributed by atoms with Crippen molar-refractivity contribution in [3.05, 3.63) is 321 Å². The van der Waals surface area contributed by atoms with Crippen LogP contribution in [-0.4, -0.2) is 9.97 Å². The summed E-state index contributed by atoms with van der Waals surface area (Å²) in [6.07, 6.45) is 3.85. The minimum Gasteiger partial charge on any atom is -0.260 e. The standard InChI is InChI=1S/C70H56N2.Pt/c1-67(2,3)51-39-35-47(36-40-51)65(48-37-41-52(42-38-48)68(4,5)6)66(49-21-19-23-53(45-49)69(63-33-15-17-43-71-63)59-29-11-7-25-55(59)56-26-8-12-30-60(56)69)50-22-20-24-54(46-50)70(64-34-16-18-44-72-64)61-31-13-9-27-57(61)58-28-10-14-32-62(58)70;/h7-44H,1-6H3;/q-2;+2. The summed E-state index contributed by atoms with van der Waals surface area (Å²) in [5, 5.41) is 0. The van der Waals surface area contributed by atoms with Gasteiger partial charge in [0.1, 0.15) is 0 Å². The Hall–Kier alpha value is -7.51.